The highest BCUT2D eigenvalue weighted by molar-refractivity contribution is 5.24. The van der Waals surface area contributed by atoms with E-state index in [-0.39, 0.29) is 0 Å². The summed E-state index contributed by atoms with van der Waals surface area (Å²) in [4.78, 5) is 0. The van der Waals surface area contributed by atoms with Gasteiger partial charge in [-0.1, -0.05) is 84.8 Å². The first-order valence-corrected chi connectivity index (χ1v) is 13.6. The lowest BCUT2D eigenvalue weighted by Crippen LogP contribution is -2.54. The molecule has 0 aromatic heterocycles. The Kier molecular flexibility index (Phi) is 6.59. The van der Waals surface area contributed by atoms with Gasteiger partial charge in [-0.05, 0) is 97.7 Å². The first-order chi connectivity index (χ1) is 13.9. The zero-order chi connectivity index (χ0) is 20.6. The maximum absolute atomic E-state index is 2.77. The minimum atomic E-state index is 0.566. The van der Waals surface area contributed by atoms with Crippen molar-refractivity contribution in [2.24, 2.45) is 46.3 Å². The van der Waals surface area contributed by atoms with Gasteiger partial charge >= 0.3 is 0 Å². The first kappa shape index (κ1) is 22.0. The summed E-state index contributed by atoms with van der Waals surface area (Å²) in [5.74, 6) is 5.87. The summed E-state index contributed by atoms with van der Waals surface area (Å²) in [5, 5.41) is 0. The minimum absolute atomic E-state index is 0.566. The zero-order valence-electron chi connectivity index (χ0n) is 20.4. The smallest absolute Gasteiger partial charge is 0.00853 e. The Hall–Kier alpha value is -0.260. The molecule has 29 heavy (non-hydrogen) atoms. The van der Waals surface area contributed by atoms with Gasteiger partial charge in [0.05, 0.1) is 0 Å². The van der Waals surface area contributed by atoms with Crippen LogP contribution in [0.1, 0.15) is 125 Å². The van der Waals surface area contributed by atoms with Gasteiger partial charge in [0.15, 0.2) is 0 Å². The largest absolute Gasteiger partial charge is 0.0845 e. The van der Waals surface area contributed by atoms with Crippen LogP contribution in [0, 0.1) is 46.3 Å². The molecule has 0 aromatic rings. The van der Waals surface area contributed by atoms with E-state index in [1.54, 1.807) is 0 Å². The highest BCUT2D eigenvalue weighted by atomic mass is 14.6. The molecule has 0 amide bonds. The lowest BCUT2D eigenvalue weighted by molar-refractivity contribution is -0.109. The molecule has 0 radical (unpaired) electrons. The third-order valence-corrected chi connectivity index (χ3v) is 10.8. The second kappa shape index (κ2) is 8.70. The lowest BCUT2D eigenvalue weighted by atomic mass is 9.42. The van der Waals surface area contributed by atoms with Crippen LogP contribution in [0.3, 0.4) is 0 Å². The third-order valence-electron chi connectivity index (χ3n) is 10.8. The zero-order valence-corrected chi connectivity index (χ0v) is 20.4. The van der Waals surface area contributed by atoms with Crippen LogP contribution in [0.25, 0.3) is 0 Å². The van der Waals surface area contributed by atoms with Crippen molar-refractivity contribution in [3.63, 3.8) is 0 Å². The van der Waals surface area contributed by atoms with Gasteiger partial charge < -0.3 is 0 Å². The van der Waals surface area contributed by atoms with Crippen LogP contribution in [0.15, 0.2) is 11.6 Å². The van der Waals surface area contributed by atoms with Crippen molar-refractivity contribution >= 4 is 0 Å². The molecule has 0 aromatic carbocycles. The third kappa shape index (κ3) is 3.89. The maximum atomic E-state index is 2.77. The Bertz CT molecular complexity index is 585. The van der Waals surface area contributed by atoms with Crippen LogP contribution >= 0.6 is 0 Å². The van der Waals surface area contributed by atoms with Crippen LogP contribution < -0.4 is 0 Å². The summed E-state index contributed by atoms with van der Waals surface area (Å²) in [6.45, 7) is 12.7. The van der Waals surface area contributed by atoms with Crippen molar-refractivity contribution in [1.82, 2.24) is 0 Å². The topological polar surface area (TPSA) is 0 Å². The van der Waals surface area contributed by atoms with Gasteiger partial charge in [0.25, 0.3) is 0 Å². The van der Waals surface area contributed by atoms with Crippen molar-refractivity contribution in [2.45, 2.75) is 125 Å². The molecule has 0 heterocycles. The number of fused-ring (bicyclic) bond motifs is 5. The SMILES string of the molecule is CC[C@H](CCCC(C)C)[C@H]1CCCC2[C@@H]3CC=C4CCCCC4(C)C3CC[C@@]21C. The molecule has 0 nitrogen and oxygen atoms in total. The van der Waals surface area contributed by atoms with E-state index in [9.17, 15) is 0 Å². The second-order valence-electron chi connectivity index (χ2n) is 12.5. The number of hydrogen-bond donors (Lipinski definition) is 0. The molecule has 0 N–H and O–H groups in total. The summed E-state index contributed by atoms with van der Waals surface area (Å²) in [6, 6.07) is 0. The van der Waals surface area contributed by atoms with Gasteiger partial charge in [-0.2, -0.15) is 0 Å². The molecule has 3 fully saturated rings. The summed E-state index contributed by atoms with van der Waals surface area (Å²) >= 11 is 0. The van der Waals surface area contributed by atoms with E-state index in [1.165, 1.54) is 89.9 Å². The number of hydrogen-bond acceptors (Lipinski definition) is 0. The predicted octanol–water partition coefficient (Wildman–Crippen LogP) is 9.20. The second-order valence-corrected chi connectivity index (χ2v) is 12.5. The standard InChI is InChI=1S/C29H50/c1-6-22(12-9-11-21(2)3)25-14-10-15-26-24-17-16-23-13-7-8-19-28(23,4)27(24)18-20-29(25,26)5/h16,21-22,24-27H,6-15,17-20H2,1-5H3/t22-,24+,25-,26?,27?,28?,29-/m1/s1. The molecule has 0 aliphatic heterocycles. The van der Waals surface area contributed by atoms with Crippen LogP contribution in [-0.2, 0) is 0 Å². The minimum Gasteiger partial charge on any atom is -0.0845 e. The number of allylic oxidation sites excluding steroid dienone is 2. The van der Waals surface area contributed by atoms with E-state index >= 15 is 0 Å². The van der Waals surface area contributed by atoms with E-state index in [0.717, 1.165) is 35.5 Å². The average molecular weight is 399 g/mol. The first-order valence-electron chi connectivity index (χ1n) is 13.6. The van der Waals surface area contributed by atoms with Crippen LogP contribution in [0.4, 0.5) is 0 Å². The molecular weight excluding hydrogens is 348 g/mol. The highest BCUT2D eigenvalue weighted by Crippen LogP contribution is 2.66. The van der Waals surface area contributed by atoms with E-state index in [4.69, 9.17) is 0 Å². The molecule has 4 rings (SSSR count). The van der Waals surface area contributed by atoms with Gasteiger partial charge in [0.2, 0.25) is 0 Å². The molecule has 0 bridgehead atoms. The Morgan fingerprint density at radius 3 is 2.55 bits per heavy atom. The molecule has 3 saturated carbocycles. The fraction of sp³-hybridized carbons (Fsp3) is 0.931. The predicted molar refractivity (Wildman–Crippen MR) is 127 cm³/mol. The summed E-state index contributed by atoms with van der Waals surface area (Å²) in [6.07, 6.45) is 23.5. The average Bonchev–Trinajstić information content (AvgIpc) is 2.70. The van der Waals surface area contributed by atoms with E-state index in [1.807, 2.05) is 5.57 Å². The monoisotopic (exact) mass is 398 g/mol. The maximum Gasteiger partial charge on any atom is -0.00853 e. The Balaban J connectivity index is 1.54. The van der Waals surface area contributed by atoms with Crippen molar-refractivity contribution in [2.75, 3.05) is 0 Å². The number of rotatable bonds is 6. The summed E-state index contributed by atoms with van der Waals surface area (Å²) < 4.78 is 0. The van der Waals surface area contributed by atoms with E-state index in [2.05, 4.69) is 40.7 Å². The van der Waals surface area contributed by atoms with Gasteiger partial charge in [0, 0.05) is 0 Å². The Morgan fingerprint density at radius 1 is 0.966 bits per heavy atom. The van der Waals surface area contributed by atoms with Crippen molar-refractivity contribution in [3.05, 3.63) is 11.6 Å². The normalized spacial score (nSPS) is 43.2. The summed E-state index contributed by atoms with van der Waals surface area (Å²) in [7, 11) is 0. The fourth-order valence-electron chi connectivity index (χ4n) is 9.19. The summed E-state index contributed by atoms with van der Waals surface area (Å²) in [5.41, 5.74) is 3.08. The molecule has 3 unspecified atom stereocenters. The van der Waals surface area contributed by atoms with Crippen LogP contribution in [0.2, 0.25) is 0 Å². The molecule has 7 atom stereocenters. The Morgan fingerprint density at radius 2 is 1.79 bits per heavy atom. The van der Waals surface area contributed by atoms with Crippen molar-refractivity contribution < 1.29 is 0 Å². The molecule has 0 spiro atoms. The van der Waals surface area contributed by atoms with Crippen molar-refractivity contribution in [3.8, 4) is 0 Å². The Labute approximate surface area is 182 Å². The van der Waals surface area contributed by atoms with Gasteiger partial charge in [-0.25, -0.2) is 0 Å². The highest BCUT2D eigenvalue weighted by Gasteiger charge is 2.57. The molecular formula is C29H50. The van der Waals surface area contributed by atoms with E-state index in [0.29, 0.717) is 10.8 Å². The molecule has 0 saturated heterocycles. The van der Waals surface area contributed by atoms with Crippen LogP contribution in [0.5, 0.6) is 0 Å². The van der Waals surface area contributed by atoms with Gasteiger partial charge in [-0.3, -0.25) is 0 Å². The molecule has 4 aliphatic carbocycles. The van der Waals surface area contributed by atoms with Gasteiger partial charge in [-0.15, -0.1) is 0 Å². The molecule has 166 valence electrons. The molecule has 0 heteroatoms. The van der Waals surface area contributed by atoms with Crippen molar-refractivity contribution in [1.29, 1.82) is 0 Å². The fourth-order valence-corrected chi connectivity index (χ4v) is 9.19. The lowest BCUT2D eigenvalue weighted by Gasteiger charge is -2.62. The quantitative estimate of drug-likeness (QED) is 0.391. The van der Waals surface area contributed by atoms with Gasteiger partial charge in [0.1, 0.15) is 0 Å². The van der Waals surface area contributed by atoms with Crippen LogP contribution in [-0.4, -0.2) is 0 Å². The molecule has 4 aliphatic rings. The van der Waals surface area contributed by atoms with E-state index < -0.39 is 0 Å².